The second kappa shape index (κ2) is 5.38. The van der Waals surface area contributed by atoms with Crippen molar-refractivity contribution in [3.8, 4) is 0 Å². The van der Waals surface area contributed by atoms with E-state index in [9.17, 15) is 5.11 Å². The molecule has 1 unspecified atom stereocenters. The van der Waals surface area contributed by atoms with Gasteiger partial charge in [-0.3, -0.25) is 0 Å². The lowest BCUT2D eigenvalue weighted by molar-refractivity contribution is 0.168. The molecule has 5 heteroatoms. The van der Waals surface area contributed by atoms with Crippen molar-refractivity contribution in [2.45, 2.75) is 32.4 Å². The van der Waals surface area contributed by atoms with Crippen molar-refractivity contribution in [3.05, 3.63) is 34.7 Å². The average molecular weight is 312 g/mol. The Labute approximate surface area is 115 Å². The molecule has 0 spiro atoms. The number of pyridine rings is 1. The fraction of sp³-hybridized carbons (Fsp3) is 0.462. The molecule has 0 saturated heterocycles. The second-order valence-electron chi connectivity index (χ2n) is 4.75. The summed E-state index contributed by atoms with van der Waals surface area (Å²) in [7, 11) is 0. The summed E-state index contributed by atoms with van der Waals surface area (Å²) < 4.78 is 3.07. The van der Waals surface area contributed by atoms with Gasteiger partial charge in [0.15, 0.2) is 0 Å². The van der Waals surface area contributed by atoms with E-state index in [1.165, 1.54) is 0 Å². The summed E-state index contributed by atoms with van der Waals surface area (Å²) in [6.45, 7) is 4.90. The van der Waals surface area contributed by atoms with Crippen LogP contribution in [0.25, 0.3) is 5.65 Å². The standard InChI is InChI=1S/C13H18BrN3O/c1-3-13(2,9-18)16-7-11-6-15-12-5-4-10(14)8-17(11)12/h4-6,8,16,18H,3,7,9H2,1-2H3. The third kappa shape index (κ3) is 2.74. The number of nitrogens with one attached hydrogen (secondary N) is 1. The first-order valence-corrected chi connectivity index (χ1v) is 6.84. The molecule has 2 rings (SSSR count). The number of aliphatic hydroxyl groups excluding tert-OH is 1. The predicted octanol–water partition coefficient (Wildman–Crippen LogP) is 2.35. The topological polar surface area (TPSA) is 49.6 Å². The molecule has 0 bridgehead atoms. The first kappa shape index (κ1) is 13.5. The van der Waals surface area contributed by atoms with Crippen LogP contribution in [0.15, 0.2) is 29.0 Å². The van der Waals surface area contributed by atoms with Crippen LogP contribution >= 0.6 is 15.9 Å². The molecule has 0 aromatic carbocycles. The molecule has 0 amide bonds. The maximum Gasteiger partial charge on any atom is 0.136 e. The van der Waals surface area contributed by atoms with Gasteiger partial charge in [0.25, 0.3) is 0 Å². The fourth-order valence-electron chi connectivity index (χ4n) is 1.73. The highest BCUT2D eigenvalue weighted by Gasteiger charge is 2.20. The number of aromatic nitrogens is 2. The van der Waals surface area contributed by atoms with Gasteiger partial charge < -0.3 is 14.8 Å². The summed E-state index contributed by atoms with van der Waals surface area (Å²) in [5, 5.41) is 12.8. The van der Waals surface area contributed by atoms with E-state index < -0.39 is 0 Å². The molecule has 4 nitrogen and oxygen atoms in total. The molecule has 18 heavy (non-hydrogen) atoms. The Morgan fingerprint density at radius 3 is 2.94 bits per heavy atom. The number of imidazole rings is 1. The lowest BCUT2D eigenvalue weighted by Crippen LogP contribution is -2.44. The van der Waals surface area contributed by atoms with Crippen LogP contribution in [0.5, 0.6) is 0 Å². The van der Waals surface area contributed by atoms with Gasteiger partial charge in [-0.15, -0.1) is 0 Å². The van der Waals surface area contributed by atoms with Gasteiger partial charge in [0.2, 0.25) is 0 Å². The summed E-state index contributed by atoms with van der Waals surface area (Å²) in [6, 6.07) is 3.95. The molecule has 0 fully saturated rings. The van der Waals surface area contributed by atoms with E-state index in [1.807, 2.05) is 35.9 Å². The number of halogens is 1. The monoisotopic (exact) mass is 311 g/mol. The van der Waals surface area contributed by atoms with Crippen LogP contribution < -0.4 is 5.32 Å². The number of hydrogen-bond acceptors (Lipinski definition) is 3. The number of aliphatic hydroxyl groups is 1. The average Bonchev–Trinajstić information content (AvgIpc) is 2.78. The smallest absolute Gasteiger partial charge is 0.136 e. The minimum Gasteiger partial charge on any atom is -0.394 e. The summed E-state index contributed by atoms with van der Waals surface area (Å²) in [4.78, 5) is 4.35. The summed E-state index contributed by atoms with van der Waals surface area (Å²) >= 11 is 3.46. The molecule has 0 radical (unpaired) electrons. The van der Waals surface area contributed by atoms with Gasteiger partial charge in [-0.05, 0) is 41.4 Å². The lowest BCUT2D eigenvalue weighted by atomic mass is 10.0. The van der Waals surface area contributed by atoms with Crippen LogP contribution in [0.1, 0.15) is 26.0 Å². The first-order chi connectivity index (χ1) is 8.58. The van der Waals surface area contributed by atoms with Crippen LogP contribution in [0.2, 0.25) is 0 Å². The molecule has 2 aromatic heterocycles. The highest BCUT2D eigenvalue weighted by Crippen LogP contribution is 2.15. The molecule has 0 aliphatic rings. The maximum absolute atomic E-state index is 9.38. The molecule has 2 aromatic rings. The number of hydrogen-bond donors (Lipinski definition) is 2. The van der Waals surface area contributed by atoms with Crippen LogP contribution in [-0.4, -0.2) is 26.6 Å². The van der Waals surface area contributed by atoms with Crippen molar-refractivity contribution >= 4 is 21.6 Å². The normalized spacial score (nSPS) is 14.9. The number of rotatable bonds is 5. The Kier molecular flexibility index (Phi) is 4.04. The lowest BCUT2D eigenvalue weighted by Gasteiger charge is -2.27. The highest BCUT2D eigenvalue weighted by molar-refractivity contribution is 9.10. The minimum atomic E-state index is -0.240. The zero-order valence-corrected chi connectivity index (χ0v) is 12.2. The summed E-state index contributed by atoms with van der Waals surface area (Å²) in [5.74, 6) is 0. The van der Waals surface area contributed by atoms with Gasteiger partial charge in [0.1, 0.15) is 5.65 Å². The molecule has 98 valence electrons. The second-order valence-corrected chi connectivity index (χ2v) is 5.67. The third-order valence-electron chi connectivity index (χ3n) is 3.37. The van der Waals surface area contributed by atoms with Gasteiger partial charge in [-0.1, -0.05) is 6.92 Å². The number of fused-ring (bicyclic) bond motifs is 1. The van der Waals surface area contributed by atoms with Gasteiger partial charge in [0, 0.05) is 22.8 Å². The Morgan fingerprint density at radius 1 is 1.50 bits per heavy atom. The van der Waals surface area contributed by atoms with E-state index in [1.54, 1.807) is 0 Å². The molecule has 0 aliphatic carbocycles. The van der Waals surface area contributed by atoms with Crippen molar-refractivity contribution in [1.29, 1.82) is 0 Å². The summed E-state index contributed by atoms with van der Waals surface area (Å²) in [5.41, 5.74) is 1.77. The van der Waals surface area contributed by atoms with E-state index in [0.717, 1.165) is 22.2 Å². The van der Waals surface area contributed by atoms with Gasteiger partial charge in [0.05, 0.1) is 18.5 Å². The van der Waals surface area contributed by atoms with Crippen LogP contribution in [0.4, 0.5) is 0 Å². The Hall–Kier alpha value is -0.910. The minimum absolute atomic E-state index is 0.129. The quantitative estimate of drug-likeness (QED) is 0.891. The molecular weight excluding hydrogens is 294 g/mol. The van der Waals surface area contributed by atoms with Crippen LogP contribution in [0, 0.1) is 0 Å². The van der Waals surface area contributed by atoms with Crippen molar-refractivity contribution in [2.24, 2.45) is 0 Å². The maximum atomic E-state index is 9.38. The van der Waals surface area contributed by atoms with E-state index in [4.69, 9.17) is 0 Å². The zero-order valence-electron chi connectivity index (χ0n) is 10.7. The van der Waals surface area contributed by atoms with Crippen LogP contribution in [-0.2, 0) is 6.54 Å². The Bertz CT molecular complexity index is 534. The van der Waals surface area contributed by atoms with Gasteiger partial charge in [-0.25, -0.2) is 4.98 Å². The van der Waals surface area contributed by atoms with E-state index in [-0.39, 0.29) is 12.1 Å². The Morgan fingerprint density at radius 2 is 2.28 bits per heavy atom. The summed E-state index contributed by atoms with van der Waals surface area (Å²) in [6.07, 6.45) is 4.74. The van der Waals surface area contributed by atoms with E-state index >= 15 is 0 Å². The van der Waals surface area contributed by atoms with E-state index in [2.05, 4.69) is 33.2 Å². The molecule has 2 heterocycles. The first-order valence-electron chi connectivity index (χ1n) is 6.05. The molecular formula is C13H18BrN3O. The van der Waals surface area contributed by atoms with Crippen molar-refractivity contribution in [3.63, 3.8) is 0 Å². The largest absolute Gasteiger partial charge is 0.394 e. The van der Waals surface area contributed by atoms with Crippen LogP contribution in [0.3, 0.4) is 0 Å². The molecule has 1 atom stereocenters. The predicted molar refractivity (Wildman–Crippen MR) is 75.5 cm³/mol. The van der Waals surface area contributed by atoms with Crippen molar-refractivity contribution in [1.82, 2.24) is 14.7 Å². The third-order valence-corrected chi connectivity index (χ3v) is 3.84. The highest BCUT2D eigenvalue weighted by atomic mass is 79.9. The van der Waals surface area contributed by atoms with Gasteiger partial charge in [-0.2, -0.15) is 0 Å². The molecule has 0 aliphatic heterocycles. The molecule has 0 saturated carbocycles. The zero-order chi connectivity index (χ0) is 13.2. The van der Waals surface area contributed by atoms with Crippen molar-refractivity contribution in [2.75, 3.05) is 6.61 Å². The SMILES string of the molecule is CCC(C)(CO)NCc1cnc2ccc(Br)cn12. The number of nitrogens with zero attached hydrogens (tertiary/aromatic N) is 2. The Balaban J connectivity index is 2.19. The van der Waals surface area contributed by atoms with Gasteiger partial charge >= 0.3 is 0 Å². The fourth-order valence-corrected chi connectivity index (χ4v) is 2.07. The molecule has 2 N–H and O–H groups in total. The van der Waals surface area contributed by atoms with Crippen molar-refractivity contribution < 1.29 is 5.11 Å². The van der Waals surface area contributed by atoms with E-state index in [0.29, 0.717) is 6.54 Å².